The van der Waals surface area contributed by atoms with E-state index in [-0.39, 0.29) is 63.3 Å². The van der Waals surface area contributed by atoms with Crippen molar-refractivity contribution in [2.45, 2.75) is 133 Å². The van der Waals surface area contributed by atoms with Gasteiger partial charge in [-0.25, -0.2) is 19.7 Å². The van der Waals surface area contributed by atoms with Crippen LogP contribution in [0.4, 0.5) is 4.79 Å². The summed E-state index contributed by atoms with van der Waals surface area (Å²) in [6.45, 7) is 29.9. The Bertz CT molecular complexity index is 1510. The lowest BCUT2D eigenvalue weighted by Crippen LogP contribution is -2.66. The molecule has 1 saturated heterocycles. The minimum atomic E-state index is -0.669. The number of rotatable bonds is 2. The van der Waals surface area contributed by atoms with Crippen LogP contribution >= 0.6 is 0 Å². The number of amides is 2. The average molecular weight is 648 g/mol. The maximum absolute atomic E-state index is 14.9. The zero-order valence-electron chi connectivity index (χ0n) is 30.5. The molecule has 1 N–H and O–H groups in total. The number of ether oxygens (including phenoxy) is 1. The summed E-state index contributed by atoms with van der Waals surface area (Å²) in [6, 6.07) is 0. The van der Waals surface area contributed by atoms with Crippen LogP contribution in [0.3, 0.4) is 0 Å². The van der Waals surface area contributed by atoms with Crippen LogP contribution in [-0.2, 0) is 14.3 Å². The Labute approximate surface area is 282 Å². The van der Waals surface area contributed by atoms with Crippen molar-refractivity contribution in [1.29, 1.82) is 0 Å². The van der Waals surface area contributed by atoms with Gasteiger partial charge in [-0.15, -0.1) is 0 Å². The maximum atomic E-state index is 14.9. The van der Waals surface area contributed by atoms with E-state index in [1.165, 1.54) is 10.6 Å². The second-order valence-electron chi connectivity index (χ2n) is 19.1. The Morgan fingerprint density at radius 2 is 1.70 bits per heavy atom. The molecule has 0 spiro atoms. The third-order valence-electron chi connectivity index (χ3n) is 14.5. The fraction of sp³-hybridized carbons (Fsp3) is 0.795. The number of carbonyl (C=O) groups is 3. The lowest BCUT2D eigenvalue weighted by atomic mass is 9.34. The number of nitrogens with zero attached hydrogens (tertiary/aromatic N) is 3. The molecule has 8 heteroatoms. The van der Waals surface area contributed by atoms with Crippen LogP contribution in [0.25, 0.3) is 4.85 Å². The number of hydrogen-bond acceptors (Lipinski definition) is 5. The molecule has 47 heavy (non-hydrogen) atoms. The summed E-state index contributed by atoms with van der Waals surface area (Å²) in [5, 5.41) is 14.4. The third-order valence-corrected chi connectivity index (χ3v) is 14.5. The van der Waals surface area contributed by atoms with Crippen molar-refractivity contribution in [3.63, 3.8) is 0 Å². The maximum Gasteiger partial charge on any atom is 0.429 e. The van der Waals surface area contributed by atoms with Crippen LogP contribution in [0.1, 0.15) is 127 Å². The number of hydrazine groups is 1. The fourth-order valence-electron chi connectivity index (χ4n) is 11.8. The second kappa shape index (κ2) is 10.3. The van der Waals surface area contributed by atoms with E-state index in [9.17, 15) is 19.5 Å². The molecule has 1 heterocycles. The van der Waals surface area contributed by atoms with Gasteiger partial charge in [0.05, 0.1) is 13.1 Å². The van der Waals surface area contributed by atoms with Gasteiger partial charge in [0.15, 0.2) is 5.78 Å². The van der Waals surface area contributed by atoms with Crippen LogP contribution < -0.4 is 0 Å². The molecule has 3 saturated carbocycles. The van der Waals surface area contributed by atoms with Crippen molar-refractivity contribution in [3.05, 3.63) is 34.5 Å². The van der Waals surface area contributed by atoms with Crippen molar-refractivity contribution in [2.75, 3.05) is 13.1 Å². The minimum absolute atomic E-state index is 0.0515. The molecule has 4 fully saturated rings. The Hall–Kier alpha value is -2.82. The molecule has 5 aliphatic carbocycles. The Morgan fingerprint density at radius 1 is 1.04 bits per heavy atom. The first kappa shape index (κ1) is 34.1. The first-order chi connectivity index (χ1) is 21.6. The van der Waals surface area contributed by atoms with Crippen LogP contribution in [0.5, 0.6) is 0 Å². The fourth-order valence-corrected chi connectivity index (χ4v) is 11.8. The molecule has 6 rings (SSSR count). The highest BCUT2D eigenvalue weighted by Gasteiger charge is 2.70. The molecule has 8 nitrogen and oxygen atoms in total. The Kier molecular flexibility index (Phi) is 7.50. The van der Waals surface area contributed by atoms with Crippen LogP contribution in [0.15, 0.2) is 23.1 Å². The van der Waals surface area contributed by atoms with Gasteiger partial charge in [0.1, 0.15) is 11.4 Å². The summed E-state index contributed by atoms with van der Waals surface area (Å²) in [6.07, 6.45) is 8.69. The molecule has 258 valence electrons. The van der Waals surface area contributed by atoms with Crippen molar-refractivity contribution >= 4 is 17.8 Å². The summed E-state index contributed by atoms with van der Waals surface area (Å²) < 4.78 is 5.73. The summed E-state index contributed by atoms with van der Waals surface area (Å²) in [4.78, 5) is 45.5. The molecule has 1 aliphatic heterocycles. The van der Waals surface area contributed by atoms with E-state index >= 15 is 0 Å². The largest absolute Gasteiger partial charge is 0.523 e. The zero-order valence-corrected chi connectivity index (χ0v) is 30.5. The number of ketones is 1. The van der Waals surface area contributed by atoms with Gasteiger partial charge in [0.25, 0.3) is 0 Å². The number of fused-ring (bicyclic) bond motifs is 7. The van der Waals surface area contributed by atoms with E-state index in [1.54, 1.807) is 5.01 Å². The highest BCUT2D eigenvalue weighted by molar-refractivity contribution is 5.95. The van der Waals surface area contributed by atoms with Gasteiger partial charge in [-0.2, -0.15) is 0 Å². The highest BCUT2D eigenvalue weighted by Crippen LogP contribution is 2.75. The molecule has 0 aromatic rings. The molecule has 7 atom stereocenters. The van der Waals surface area contributed by atoms with Gasteiger partial charge in [0, 0.05) is 24.3 Å². The second-order valence-corrected chi connectivity index (χ2v) is 19.1. The zero-order chi connectivity index (χ0) is 34.8. The first-order valence-electron chi connectivity index (χ1n) is 17.9. The summed E-state index contributed by atoms with van der Waals surface area (Å²) >= 11 is 0. The van der Waals surface area contributed by atoms with E-state index in [0.717, 1.165) is 44.9 Å². The minimum Gasteiger partial charge on any atom is -0.523 e. The number of aliphatic hydroxyl groups is 1. The smallest absolute Gasteiger partial charge is 0.429 e. The lowest BCUT2D eigenvalue weighted by Gasteiger charge is -2.70. The Balaban J connectivity index is 1.42. The number of hydrogen-bond donors (Lipinski definition) is 1. The summed E-state index contributed by atoms with van der Waals surface area (Å²) in [5.74, 6) is 0.351. The predicted molar refractivity (Wildman–Crippen MR) is 180 cm³/mol. The van der Waals surface area contributed by atoms with E-state index in [0.29, 0.717) is 25.2 Å². The van der Waals surface area contributed by atoms with Gasteiger partial charge in [0.2, 0.25) is 11.6 Å². The van der Waals surface area contributed by atoms with E-state index < -0.39 is 22.5 Å². The molecule has 0 aromatic heterocycles. The van der Waals surface area contributed by atoms with Crippen LogP contribution in [0, 0.1) is 56.8 Å². The number of aliphatic hydroxyl groups excluding tert-OH is 1. The Morgan fingerprint density at radius 3 is 2.34 bits per heavy atom. The quantitative estimate of drug-likeness (QED) is 0.303. The summed E-state index contributed by atoms with van der Waals surface area (Å²) in [5.41, 5.74) is -0.769. The van der Waals surface area contributed by atoms with Crippen LogP contribution in [0.2, 0.25) is 0 Å². The topological polar surface area (TPSA) is 91.5 Å². The van der Waals surface area contributed by atoms with Crippen LogP contribution in [-0.4, -0.2) is 51.6 Å². The standard InChI is InChI=1S/C39H57N3O5/c1-33(2,3)47-32(46)41-19-13-29(44)42(41)23-39-17-15-34(4,5)21-24(39)30-26(43)20-28-36(8)22-25(40-11)31(45)35(6,7)27(36)12-14-37(28,9)38(30,10)16-18-39/h20,24,27,30,45H,12-19,21-23H2,1-10H3/t24-,27-,30-,36-,37+,38+,39+/m0/s1. The highest BCUT2D eigenvalue weighted by atomic mass is 16.6. The molecule has 2 amide bonds. The molecular weight excluding hydrogens is 590 g/mol. The third kappa shape index (κ3) is 4.83. The molecule has 0 unspecified atom stereocenters. The average Bonchev–Trinajstić information content (AvgIpc) is 3.31. The van der Waals surface area contributed by atoms with Gasteiger partial charge in [-0.05, 0) is 117 Å². The van der Waals surface area contributed by atoms with Crippen molar-refractivity contribution in [3.8, 4) is 0 Å². The van der Waals surface area contributed by atoms with E-state index in [2.05, 4.69) is 53.3 Å². The van der Waals surface area contributed by atoms with Crippen molar-refractivity contribution in [1.82, 2.24) is 10.0 Å². The lowest BCUT2D eigenvalue weighted by molar-refractivity contribution is -0.183. The predicted octanol–water partition coefficient (Wildman–Crippen LogP) is 8.65. The van der Waals surface area contributed by atoms with Gasteiger partial charge >= 0.3 is 6.09 Å². The number of allylic oxidation sites excluding steroid dienone is 4. The first-order valence-corrected chi connectivity index (χ1v) is 17.9. The van der Waals surface area contributed by atoms with Crippen molar-refractivity contribution in [2.24, 2.45) is 50.2 Å². The molecule has 0 bridgehead atoms. The molecule has 6 aliphatic rings. The SMILES string of the molecule is [C-]#[N+]C1=C(O)C(C)(C)[C@@H]2CC[C@]3(C)C(=CC(=O)[C@@H]4[C@@H]5CC(C)(C)CC[C@]5(CN5C(=O)CCN5C(=O)OC(C)(C)C)CC[C@]43C)[C@@]2(C)C1. The van der Waals surface area contributed by atoms with Crippen molar-refractivity contribution < 1.29 is 24.2 Å². The summed E-state index contributed by atoms with van der Waals surface area (Å²) in [7, 11) is 0. The molecule has 0 radical (unpaired) electrons. The number of carbonyl (C=O) groups excluding carboxylic acids is 3. The van der Waals surface area contributed by atoms with E-state index in [1.807, 2.05) is 26.8 Å². The monoisotopic (exact) mass is 647 g/mol. The molecular formula is C39H57N3O5. The van der Waals surface area contributed by atoms with Gasteiger partial charge in [-0.1, -0.05) is 54.0 Å². The normalized spacial score (nSPS) is 40.9. The molecule has 0 aromatic carbocycles. The van der Waals surface area contributed by atoms with Gasteiger partial charge in [-0.3, -0.25) is 9.59 Å². The van der Waals surface area contributed by atoms with E-state index in [4.69, 9.17) is 11.3 Å². The van der Waals surface area contributed by atoms with Gasteiger partial charge < -0.3 is 9.84 Å².